The first-order valence-electron chi connectivity index (χ1n) is 15.0. The van der Waals surface area contributed by atoms with E-state index in [1.165, 1.54) is 63.4 Å². The molecular formula is C32H45F3N2O2. The van der Waals surface area contributed by atoms with Crippen LogP contribution in [-0.4, -0.2) is 22.1 Å². The van der Waals surface area contributed by atoms with E-state index in [2.05, 4.69) is 11.9 Å². The van der Waals surface area contributed by atoms with Crippen molar-refractivity contribution in [2.45, 2.75) is 123 Å². The molecule has 0 saturated heterocycles. The molecule has 2 atom stereocenters. The quantitative estimate of drug-likeness (QED) is 0.120. The van der Waals surface area contributed by atoms with Crippen molar-refractivity contribution in [1.82, 2.24) is 9.97 Å². The van der Waals surface area contributed by atoms with E-state index in [-0.39, 0.29) is 12.2 Å². The maximum Gasteiger partial charge on any atom is 0.392 e. The van der Waals surface area contributed by atoms with Crippen LogP contribution in [0.25, 0.3) is 11.4 Å². The number of carbonyl (C=O) groups excluding carboxylic acids is 1. The number of hydrogen-bond donors (Lipinski definition) is 0. The van der Waals surface area contributed by atoms with Crippen LogP contribution in [0.2, 0.25) is 0 Å². The fourth-order valence-corrected chi connectivity index (χ4v) is 5.41. The Morgan fingerprint density at radius 2 is 1.64 bits per heavy atom. The van der Waals surface area contributed by atoms with Crippen molar-refractivity contribution in [1.29, 1.82) is 0 Å². The summed E-state index contributed by atoms with van der Waals surface area (Å²) in [4.78, 5) is 21.6. The standard InChI is InChI=1S/C32H45F3N2O2/c1-3-5-7-8-9-10-11-12-13-24-15-20-29-26(21-24)23-36-31(37-29)25-16-18-28(19-17-25)39-30(38)22-27(14-6-4-2)32(33,34)35/h16-19,23-24,27H,3-15,20-22H2,1-2H3. The summed E-state index contributed by atoms with van der Waals surface area (Å²) >= 11 is 0. The predicted molar refractivity (Wildman–Crippen MR) is 150 cm³/mol. The lowest BCUT2D eigenvalue weighted by atomic mass is 9.84. The van der Waals surface area contributed by atoms with Gasteiger partial charge < -0.3 is 4.74 Å². The first-order valence-corrected chi connectivity index (χ1v) is 15.0. The minimum Gasteiger partial charge on any atom is -0.427 e. The van der Waals surface area contributed by atoms with Gasteiger partial charge in [-0.25, -0.2) is 9.97 Å². The highest BCUT2D eigenvalue weighted by molar-refractivity contribution is 5.73. The second kappa shape index (κ2) is 16.0. The lowest BCUT2D eigenvalue weighted by Gasteiger charge is -2.24. The Balaban J connectivity index is 1.47. The largest absolute Gasteiger partial charge is 0.427 e. The smallest absolute Gasteiger partial charge is 0.392 e. The molecule has 4 nitrogen and oxygen atoms in total. The Morgan fingerprint density at radius 1 is 0.974 bits per heavy atom. The van der Waals surface area contributed by atoms with E-state index < -0.39 is 24.5 Å². The van der Waals surface area contributed by atoms with E-state index in [1.807, 2.05) is 13.1 Å². The number of carbonyl (C=O) groups is 1. The van der Waals surface area contributed by atoms with Gasteiger partial charge in [-0.2, -0.15) is 13.2 Å². The Bertz CT molecular complexity index is 1010. The molecule has 0 bridgehead atoms. The van der Waals surface area contributed by atoms with Crippen LogP contribution in [0.4, 0.5) is 13.2 Å². The van der Waals surface area contributed by atoms with Crippen LogP contribution in [0, 0.1) is 11.8 Å². The van der Waals surface area contributed by atoms with Crippen LogP contribution in [0.3, 0.4) is 0 Å². The average Bonchev–Trinajstić information content (AvgIpc) is 2.92. The van der Waals surface area contributed by atoms with Crippen molar-refractivity contribution >= 4 is 5.97 Å². The van der Waals surface area contributed by atoms with Crippen molar-refractivity contribution in [3.8, 4) is 17.1 Å². The van der Waals surface area contributed by atoms with Gasteiger partial charge in [-0.3, -0.25) is 4.79 Å². The average molecular weight is 547 g/mol. The van der Waals surface area contributed by atoms with Gasteiger partial charge in [-0.05, 0) is 61.4 Å². The molecule has 0 spiro atoms. The fourth-order valence-electron chi connectivity index (χ4n) is 5.41. The predicted octanol–water partition coefficient (Wildman–Crippen LogP) is 9.44. The second-order valence-electron chi connectivity index (χ2n) is 11.1. The first kappa shape index (κ1) is 31.1. The Kier molecular flexibility index (Phi) is 12.7. The third-order valence-corrected chi connectivity index (χ3v) is 7.84. The van der Waals surface area contributed by atoms with Crippen molar-refractivity contribution in [2.75, 3.05) is 0 Å². The van der Waals surface area contributed by atoms with Gasteiger partial charge in [0.1, 0.15) is 5.75 Å². The number of unbranched alkanes of at least 4 members (excludes halogenated alkanes) is 8. The summed E-state index contributed by atoms with van der Waals surface area (Å²) in [7, 11) is 0. The van der Waals surface area contributed by atoms with Gasteiger partial charge in [0, 0.05) is 17.5 Å². The minimum absolute atomic E-state index is 0.0658. The van der Waals surface area contributed by atoms with Gasteiger partial charge in [0.05, 0.1) is 12.3 Å². The highest BCUT2D eigenvalue weighted by Crippen LogP contribution is 2.34. The Labute approximate surface area is 232 Å². The van der Waals surface area contributed by atoms with E-state index in [9.17, 15) is 18.0 Å². The van der Waals surface area contributed by atoms with E-state index >= 15 is 0 Å². The summed E-state index contributed by atoms with van der Waals surface area (Å²) < 4.78 is 44.9. The first-order chi connectivity index (χ1) is 18.8. The molecule has 0 amide bonds. The molecule has 0 N–H and O–H groups in total. The molecule has 216 valence electrons. The van der Waals surface area contributed by atoms with Crippen LogP contribution in [0.1, 0.15) is 115 Å². The van der Waals surface area contributed by atoms with E-state index in [0.29, 0.717) is 24.6 Å². The summed E-state index contributed by atoms with van der Waals surface area (Å²) in [6.45, 7) is 4.08. The van der Waals surface area contributed by atoms with Gasteiger partial charge in [0.15, 0.2) is 5.82 Å². The van der Waals surface area contributed by atoms with Crippen molar-refractivity contribution in [2.24, 2.45) is 11.8 Å². The van der Waals surface area contributed by atoms with Crippen LogP contribution in [0.15, 0.2) is 30.5 Å². The van der Waals surface area contributed by atoms with Gasteiger partial charge in [-0.15, -0.1) is 0 Å². The normalized spacial score (nSPS) is 16.1. The fraction of sp³-hybridized carbons (Fsp3) is 0.656. The van der Waals surface area contributed by atoms with E-state index in [4.69, 9.17) is 9.72 Å². The SMILES string of the molecule is CCCCCCCCCCC1CCc2nc(-c3ccc(OC(=O)CC(CCCC)C(F)(F)F)cc3)ncc2C1. The molecule has 1 aromatic heterocycles. The number of fused-ring (bicyclic) bond motifs is 1. The molecule has 1 aliphatic rings. The second-order valence-corrected chi connectivity index (χ2v) is 11.1. The number of esters is 1. The highest BCUT2D eigenvalue weighted by atomic mass is 19.4. The van der Waals surface area contributed by atoms with Crippen LogP contribution >= 0.6 is 0 Å². The highest BCUT2D eigenvalue weighted by Gasteiger charge is 2.40. The number of ether oxygens (including phenoxy) is 1. The molecule has 2 aromatic rings. The number of benzene rings is 1. The Hall–Kier alpha value is -2.44. The summed E-state index contributed by atoms with van der Waals surface area (Å²) in [5.41, 5.74) is 3.13. The van der Waals surface area contributed by atoms with Gasteiger partial charge >= 0.3 is 12.1 Å². The molecule has 39 heavy (non-hydrogen) atoms. The molecule has 1 heterocycles. The zero-order valence-electron chi connectivity index (χ0n) is 23.7. The molecule has 7 heteroatoms. The maximum atomic E-state index is 13.2. The minimum atomic E-state index is -4.41. The summed E-state index contributed by atoms with van der Waals surface area (Å²) in [6, 6.07) is 6.67. The molecule has 1 aliphatic carbocycles. The van der Waals surface area contributed by atoms with Crippen LogP contribution < -0.4 is 4.74 Å². The molecule has 0 radical (unpaired) electrons. The summed E-state index contributed by atoms with van der Waals surface area (Å²) in [5, 5.41) is 0. The number of alkyl halides is 3. The third-order valence-electron chi connectivity index (χ3n) is 7.84. The monoisotopic (exact) mass is 546 g/mol. The Morgan fingerprint density at radius 3 is 2.31 bits per heavy atom. The molecule has 3 rings (SSSR count). The number of halogens is 3. The summed E-state index contributed by atoms with van der Waals surface area (Å²) in [6.07, 6.45) is 13.1. The number of aryl methyl sites for hydroxylation is 1. The lowest BCUT2D eigenvalue weighted by Crippen LogP contribution is -2.27. The van der Waals surface area contributed by atoms with Gasteiger partial charge in [-0.1, -0.05) is 84.5 Å². The molecule has 0 fully saturated rings. The number of nitrogens with zero attached hydrogens (tertiary/aromatic N) is 2. The topological polar surface area (TPSA) is 52.1 Å². The van der Waals surface area contributed by atoms with Crippen molar-refractivity contribution < 1.29 is 22.7 Å². The lowest BCUT2D eigenvalue weighted by molar-refractivity contribution is -0.183. The van der Waals surface area contributed by atoms with E-state index in [0.717, 1.165) is 30.5 Å². The molecular weight excluding hydrogens is 501 g/mol. The third kappa shape index (κ3) is 10.6. The molecule has 2 unspecified atom stereocenters. The number of rotatable bonds is 16. The number of hydrogen-bond acceptors (Lipinski definition) is 4. The van der Waals surface area contributed by atoms with Crippen molar-refractivity contribution in [3.05, 3.63) is 41.7 Å². The molecule has 1 aromatic carbocycles. The van der Waals surface area contributed by atoms with Crippen LogP contribution in [0.5, 0.6) is 5.75 Å². The molecule has 0 saturated carbocycles. The summed E-state index contributed by atoms with van der Waals surface area (Å²) in [5.74, 6) is -0.993. The zero-order chi connectivity index (χ0) is 28.1. The number of aromatic nitrogens is 2. The van der Waals surface area contributed by atoms with Gasteiger partial charge in [0.25, 0.3) is 0 Å². The van der Waals surface area contributed by atoms with Gasteiger partial charge in [0.2, 0.25) is 0 Å². The van der Waals surface area contributed by atoms with E-state index in [1.54, 1.807) is 24.3 Å². The maximum absolute atomic E-state index is 13.2. The van der Waals surface area contributed by atoms with Crippen molar-refractivity contribution in [3.63, 3.8) is 0 Å². The molecule has 0 aliphatic heterocycles. The zero-order valence-corrected chi connectivity index (χ0v) is 23.7. The van der Waals surface area contributed by atoms with Crippen LogP contribution in [-0.2, 0) is 17.6 Å².